The average molecular weight is 276 g/mol. The quantitative estimate of drug-likeness (QED) is 0.809. The molecule has 1 aliphatic heterocycles. The number of nitrogens with one attached hydrogen (secondary N) is 1. The average Bonchev–Trinajstić information content (AvgIpc) is 2.47. The first-order valence-corrected chi connectivity index (χ1v) is 7.74. The van der Waals surface area contributed by atoms with E-state index in [0.717, 1.165) is 31.5 Å². The van der Waals surface area contributed by atoms with Crippen molar-refractivity contribution in [3.05, 3.63) is 29.8 Å². The van der Waals surface area contributed by atoms with E-state index in [1.54, 1.807) is 7.11 Å². The molecule has 1 aromatic rings. The Bertz CT molecular complexity index is 390. The Hall–Kier alpha value is -1.06. The van der Waals surface area contributed by atoms with Gasteiger partial charge in [0.05, 0.1) is 6.61 Å². The van der Waals surface area contributed by atoms with Crippen molar-refractivity contribution in [2.75, 3.05) is 38.3 Å². The van der Waals surface area contributed by atoms with Crippen molar-refractivity contribution in [3.8, 4) is 0 Å². The summed E-state index contributed by atoms with van der Waals surface area (Å²) >= 11 is 0. The fourth-order valence-corrected chi connectivity index (χ4v) is 2.73. The summed E-state index contributed by atoms with van der Waals surface area (Å²) in [5.74, 6) is 1.65. The minimum Gasteiger partial charge on any atom is -0.383 e. The van der Waals surface area contributed by atoms with Crippen LogP contribution >= 0.6 is 0 Å². The standard InChI is InChI=1S/C17H28N2O/c1-14-8-10-19(13-15(14)2)17-6-4-16(5-7-17)12-18-9-11-20-3/h4-7,14-15,18H,8-13H2,1-3H3. The van der Waals surface area contributed by atoms with Gasteiger partial charge < -0.3 is 15.0 Å². The lowest BCUT2D eigenvalue weighted by atomic mass is 9.88. The third-order valence-electron chi connectivity index (χ3n) is 4.45. The van der Waals surface area contributed by atoms with Gasteiger partial charge in [0, 0.05) is 39.0 Å². The number of rotatable bonds is 6. The summed E-state index contributed by atoms with van der Waals surface area (Å²) in [4.78, 5) is 2.52. The van der Waals surface area contributed by atoms with Gasteiger partial charge in [-0.2, -0.15) is 0 Å². The van der Waals surface area contributed by atoms with E-state index >= 15 is 0 Å². The van der Waals surface area contributed by atoms with Gasteiger partial charge in [0.15, 0.2) is 0 Å². The number of hydrogen-bond donors (Lipinski definition) is 1. The van der Waals surface area contributed by atoms with Gasteiger partial charge in [0.25, 0.3) is 0 Å². The van der Waals surface area contributed by atoms with Gasteiger partial charge in [-0.15, -0.1) is 0 Å². The summed E-state index contributed by atoms with van der Waals surface area (Å²) in [5.41, 5.74) is 2.70. The van der Waals surface area contributed by atoms with Crippen molar-refractivity contribution in [2.24, 2.45) is 11.8 Å². The predicted octanol–water partition coefficient (Wildman–Crippen LogP) is 2.90. The lowest BCUT2D eigenvalue weighted by molar-refractivity contribution is 0.199. The molecule has 112 valence electrons. The summed E-state index contributed by atoms with van der Waals surface area (Å²) in [5, 5.41) is 3.38. The van der Waals surface area contributed by atoms with Crippen LogP contribution in [0.4, 0.5) is 5.69 Å². The van der Waals surface area contributed by atoms with Crippen molar-refractivity contribution in [1.82, 2.24) is 5.32 Å². The summed E-state index contributed by atoms with van der Waals surface area (Å²) in [6.07, 6.45) is 1.31. The van der Waals surface area contributed by atoms with E-state index in [0.29, 0.717) is 0 Å². The van der Waals surface area contributed by atoms with Gasteiger partial charge in [-0.3, -0.25) is 0 Å². The maximum atomic E-state index is 5.03. The normalized spacial score (nSPS) is 23.1. The highest BCUT2D eigenvalue weighted by molar-refractivity contribution is 5.48. The molecule has 1 aliphatic rings. The zero-order chi connectivity index (χ0) is 14.4. The second-order valence-corrected chi connectivity index (χ2v) is 6.03. The van der Waals surface area contributed by atoms with Crippen molar-refractivity contribution < 1.29 is 4.74 Å². The number of anilines is 1. The number of ether oxygens (including phenoxy) is 1. The van der Waals surface area contributed by atoms with Crippen LogP contribution in [0.25, 0.3) is 0 Å². The molecule has 0 aliphatic carbocycles. The second kappa shape index (κ2) is 7.65. The Kier molecular flexibility index (Phi) is 5.86. The van der Waals surface area contributed by atoms with Gasteiger partial charge in [-0.1, -0.05) is 26.0 Å². The maximum Gasteiger partial charge on any atom is 0.0587 e. The number of benzene rings is 1. The highest BCUT2D eigenvalue weighted by Crippen LogP contribution is 2.27. The number of nitrogens with zero attached hydrogens (tertiary/aromatic N) is 1. The summed E-state index contributed by atoms with van der Waals surface area (Å²) in [7, 11) is 1.73. The molecule has 1 fully saturated rings. The van der Waals surface area contributed by atoms with Crippen LogP contribution in [0.15, 0.2) is 24.3 Å². The van der Waals surface area contributed by atoms with E-state index in [9.17, 15) is 0 Å². The van der Waals surface area contributed by atoms with Crippen molar-refractivity contribution >= 4 is 5.69 Å². The maximum absolute atomic E-state index is 5.03. The first-order valence-electron chi connectivity index (χ1n) is 7.74. The molecule has 2 rings (SSSR count). The highest BCUT2D eigenvalue weighted by atomic mass is 16.5. The van der Waals surface area contributed by atoms with E-state index in [1.165, 1.54) is 30.8 Å². The van der Waals surface area contributed by atoms with Gasteiger partial charge in [-0.25, -0.2) is 0 Å². The molecule has 1 saturated heterocycles. The number of hydrogen-bond acceptors (Lipinski definition) is 3. The van der Waals surface area contributed by atoms with E-state index in [1.807, 2.05) is 0 Å². The molecular weight excluding hydrogens is 248 g/mol. The monoisotopic (exact) mass is 276 g/mol. The summed E-state index contributed by atoms with van der Waals surface area (Å²) in [6.45, 7) is 9.70. The van der Waals surface area contributed by atoms with E-state index in [2.05, 4.69) is 48.3 Å². The topological polar surface area (TPSA) is 24.5 Å². The van der Waals surface area contributed by atoms with Crippen LogP contribution in [0, 0.1) is 11.8 Å². The zero-order valence-electron chi connectivity index (χ0n) is 13.1. The van der Waals surface area contributed by atoms with Crippen LogP contribution in [0.1, 0.15) is 25.8 Å². The van der Waals surface area contributed by atoms with Crippen LogP contribution in [-0.2, 0) is 11.3 Å². The Morgan fingerprint density at radius 1 is 1.20 bits per heavy atom. The van der Waals surface area contributed by atoms with E-state index < -0.39 is 0 Å². The molecule has 1 aromatic carbocycles. The van der Waals surface area contributed by atoms with Gasteiger partial charge >= 0.3 is 0 Å². The second-order valence-electron chi connectivity index (χ2n) is 6.03. The molecule has 0 spiro atoms. The first-order chi connectivity index (χ1) is 9.70. The van der Waals surface area contributed by atoms with Crippen LogP contribution in [0.3, 0.4) is 0 Å². The molecule has 3 heteroatoms. The van der Waals surface area contributed by atoms with Gasteiger partial charge in [0.2, 0.25) is 0 Å². The van der Waals surface area contributed by atoms with Crippen molar-refractivity contribution in [3.63, 3.8) is 0 Å². The van der Waals surface area contributed by atoms with Crippen molar-refractivity contribution in [2.45, 2.75) is 26.8 Å². The molecule has 0 saturated carbocycles. The smallest absolute Gasteiger partial charge is 0.0587 e. The van der Waals surface area contributed by atoms with Crippen LogP contribution in [0.2, 0.25) is 0 Å². The van der Waals surface area contributed by atoms with Crippen LogP contribution in [-0.4, -0.2) is 33.4 Å². The highest BCUT2D eigenvalue weighted by Gasteiger charge is 2.22. The lowest BCUT2D eigenvalue weighted by Crippen LogP contribution is -2.38. The molecule has 2 atom stereocenters. The molecule has 20 heavy (non-hydrogen) atoms. The molecule has 0 bridgehead atoms. The molecule has 2 unspecified atom stereocenters. The van der Waals surface area contributed by atoms with Crippen LogP contribution in [0.5, 0.6) is 0 Å². The number of piperidine rings is 1. The molecule has 1 N–H and O–H groups in total. The van der Waals surface area contributed by atoms with Crippen LogP contribution < -0.4 is 10.2 Å². The Morgan fingerprint density at radius 2 is 1.95 bits per heavy atom. The van der Waals surface area contributed by atoms with E-state index in [4.69, 9.17) is 4.74 Å². The predicted molar refractivity (Wildman–Crippen MR) is 85.2 cm³/mol. The number of methoxy groups -OCH3 is 1. The summed E-state index contributed by atoms with van der Waals surface area (Å²) in [6, 6.07) is 8.99. The molecule has 0 radical (unpaired) electrons. The largest absolute Gasteiger partial charge is 0.383 e. The molecule has 1 heterocycles. The molecule has 0 aromatic heterocycles. The minimum atomic E-state index is 0.766. The third kappa shape index (κ3) is 4.22. The van der Waals surface area contributed by atoms with Gasteiger partial charge in [-0.05, 0) is 36.0 Å². The lowest BCUT2D eigenvalue weighted by Gasteiger charge is -2.36. The van der Waals surface area contributed by atoms with E-state index in [-0.39, 0.29) is 0 Å². The van der Waals surface area contributed by atoms with Crippen molar-refractivity contribution in [1.29, 1.82) is 0 Å². The fraction of sp³-hybridized carbons (Fsp3) is 0.647. The fourth-order valence-electron chi connectivity index (χ4n) is 2.73. The molecule has 3 nitrogen and oxygen atoms in total. The Morgan fingerprint density at radius 3 is 2.60 bits per heavy atom. The minimum absolute atomic E-state index is 0.766. The first kappa shape index (κ1) is 15.3. The third-order valence-corrected chi connectivity index (χ3v) is 4.45. The summed E-state index contributed by atoms with van der Waals surface area (Å²) < 4.78 is 5.03. The zero-order valence-corrected chi connectivity index (χ0v) is 13.1. The van der Waals surface area contributed by atoms with Gasteiger partial charge in [0.1, 0.15) is 0 Å². The Labute approximate surface area is 123 Å². The molecular formula is C17H28N2O. The molecule has 0 amide bonds. The Balaban J connectivity index is 1.85. The SMILES string of the molecule is COCCNCc1ccc(N2CCC(C)C(C)C2)cc1.